The molecule has 0 radical (unpaired) electrons. The summed E-state index contributed by atoms with van der Waals surface area (Å²) in [5.41, 5.74) is 5.97. The molecule has 0 saturated heterocycles. The average Bonchev–Trinajstić information content (AvgIpc) is 3.35. The van der Waals surface area contributed by atoms with Crippen molar-refractivity contribution in [3.05, 3.63) is 81.4 Å². The molecule has 10 heteroatoms. The van der Waals surface area contributed by atoms with E-state index in [0.717, 1.165) is 27.8 Å². The second-order valence-electron chi connectivity index (χ2n) is 9.90. The molecular weight excluding hydrogens is 544 g/mol. The number of aryl methyl sites for hydroxylation is 1. The number of halogens is 1. The highest BCUT2D eigenvalue weighted by Crippen LogP contribution is 2.38. The number of amides is 1. The van der Waals surface area contributed by atoms with Gasteiger partial charge in [0.2, 0.25) is 0 Å². The first kappa shape index (κ1) is 28.4. The molecule has 1 atom stereocenters. The average molecular weight is 577 g/mol. The maximum absolute atomic E-state index is 13.5. The van der Waals surface area contributed by atoms with Crippen molar-refractivity contribution in [2.45, 2.75) is 39.2 Å². The van der Waals surface area contributed by atoms with Gasteiger partial charge in [0.05, 0.1) is 37.3 Å². The number of hydrogen-bond donors (Lipinski definition) is 0. The van der Waals surface area contributed by atoms with Crippen molar-refractivity contribution in [3.8, 4) is 11.5 Å². The summed E-state index contributed by atoms with van der Waals surface area (Å²) in [4.78, 5) is 28.1. The van der Waals surface area contributed by atoms with Crippen molar-refractivity contribution < 1.29 is 23.8 Å². The molecule has 0 N–H and O–H groups in total. The second-order valence-corrected chi connectivity index (χ2v) is 10.3. The molecule has 1 aromatic heterocycles. The predicted molar refractivity (Wildman–Crippen MR) is 156 cm³/mol. The van der Waals surface area contributed by atoms with Crippen LogP contribution < -0.4 is 9.47 Å². The zero-order valence-corrected chi connectivity index (χ0v) is 24.4. The summed E-state index contributed by atoms with van der Waals surface area (Å²) in [5.74, 6) is 0.549. The quantitative estimate of drug-likeness (QED) is 0.249. The molecule has 5 rings (SSSR count). The number of rotatable bonds is 9. The Morgan fingerprint density at radius 3 is 2.66 bits per heavy atom. The minimum atomic E-state index is -0.299. The number of esters is 1. The minimum absolute atomic E-state index is 0.130. The number of methoxy groups -OCH3 is 1. The van der Waals surface area contributed by atoms with E-state index in [2.05, 4.69) is 16.4 Å². The molecule has 0 fully saturated rings. The minimum Gasteiger partial charge on any atom is -0.494 e. The Kier molecular flexibility index (Phi) is 8.44. The molecule has 0 aliphatic carbocycles. The van der Waals surface area contributed by atoms with E-state index in [1.807, 2.05) is 43.1 Å². The fraction of sp³-hybridized carbons (Fsp3) is 0.355. The van der Waals surface area contributed by atoms with Crippen LogP contribution in [0.15, 0.2) is 48.5 Å². The van der Waals surface area contributed by atoms with E-state index in [1.165, 1.54) is 0 Å². The van der Waals surface area contributed by atoms with Crippen LogP contribution in [-0.4, -0.2) is 58.6 Å². The number of aromatic nitrogens is 3. The molecule has 1 unspecified atom stereocenters. The van der Waals surface area contributed by atoms with Gasteiger partial charge in [0.25, 0.3) is 5.91 Å². The van der Waals surface area contributed by atoms with Gasteiger partial charge in [0, 0.05) is 26.1 Å². The lowest BCUT2D eigenvalue weighted by Crippen LogP contribution is -2.36. The van der Waals surface area contributed by atoms with Crippen LogP contribution in [0.5, 0.6) is 11.5 Å². The van der Waals surface area contributed by atoms with Crippen LogP contribution >= 0.6 is 11.6 Å². The van der Waals surface area contributed by atoms with Gasteiger partial charge in [-0.3, -0.25) is 9.59 Å². The Morgan fingerprint density at radius 1 is 1.10 bits per heavy atom. The van der Waals surface area contributed by atoms with Crippen LogP contribution in [0.1, 0.15) is 58.8 Å². The number of nitrogens with zero attached hydrogens (tertiary/aromatic N) is 4. The summed E-state index contributed by atoms with van der Waals surface area (Å²) in [7, 11) is 3.42. The van der Waals surface area contributed by atoms with Gasteiger partial charge in [-0.25, -0.2) is 4.68 Å². The van der Waals surface area contributed by atoms with Crippen molar-refractivity contribution in [1.82, 2.24) is 19.9 Å². The van der Waals surface area contributed by atoms with Crippen molar-refractivity contribution in [3.63, 3.8) is 0 Å². The Morgan fingerprint density at radius 2 is 1.93 bits per heavy atom. The molecule has 214 valence electrons. The number of ether oxygens (including phenoxy) is 3. The molecule has 0 saturated carbocycles. The molecule has 4 aromatic rings. The maximum atomic E-state index is 13.5. The first-order valence-corrected chi connectivity index (χ1v) is 14.1. The SMILES string of the molecule is CCOC(=O)CC(c1cc(OC)c2c(c1)nnn2C)c1cccc2c1CCN(C(=O)c1ccc(OCC)cc1Cl)C2. The van der Waals surface area contributed by atoms with Gasteiger partial charge < -0.3 is 19.1 Å². The van der Waals surface area contributed by atoms with E-state index in [-0.39, 0.29) is 24.2 Å². The summed E-state index contributed by atoms with van der Waals surface area (Å²) >= 11 is 6.46. The molecule has 1 aliphatic rings. The van der Waals surface area contributed by atoms with E-state index in [1.54, 1.807) is 36.9 Å². The largest absolute Gasteiger partial charge is 0.494 e. The molecule has 0 spiro atoms. The number of carbonyl (C=O) groups is 2. The number of carbonyl (C=O) groups excluding carboxylic acids is 2. The third-order valence-electron chi connectivity index (χ3n) is 7.43. The van der Waals surface area contributed by atoms with Gasteiger partial charge in [-0.15, -0.1) is 5.10 Å². The standard InChI is InChI=1S/C31H33ClN4O5/c1-5-40-21-10-11-24(26(32)16-21)31(38)36-13-12-22-19(18-36)8-7-9-23(22)25(17-29(37)41-6-2)20-14-27-30(28(15-20)39-4)35(3)34-33-27/h7-11,14-16,25H,5-6,12-13,17-18H2,1-4H3. The molecule has 3 aromatic carbocycles. The van der Waals surface area contributed by atoms with Gasteiger partial charge in [-0.1, -0.05) is 35.0 Å². The topological polar surface area (TPSA) is 95.8 Å². The first-order chi connectivity index (χ1) is 19.8. The highest BCUT2D eigenvalue weighted by atomic mass is 35.5. The van der Waals surface area contributed by atoms with Gasteiger partial charge in [-0.05, 0) is 72.9 Å². The first-order valence-electron chi connectivity index (χ1n) is 13.7. The molecule has 41 heavy (non-hydrogen) atoms. The van der Waals surface area contributed by atoms with Crippen LogP contribution in [0, 0.1) is 0 Å². The van der Waals surface area contributed by atoms with E-state index in [4.69, 9.17) is 25.8 Å². The van der Waals surface area contributed by atoms with Gasteiger partial charge >= 0.3 is 5.97 Å². The van der Waals surface area contributed by atoms with E-state index < -0.39 is 0 Å². The number of fused-ring (bicyclic) bond motifs is 2. The zero-order chi connectivity index (χ0) is 29.1. The molecule has 9 nitrogen and oxygen atoms in total. The van der Waals surface area contributed by atoms with Crippen LogP contribution in [0.4, 0.5) is 0 Å². The summed E-state index contributed by atoms with van der Waals surface area (Å²) in [6.45, 7) is 5.47. The molecule has 1 amide bonds. The third-order valence-corrected chi connectivity index (χ3v) is 7.75. The summed E-state index contributed by atoms with van der Waals surface area (Å²) in [6, 6.07) is 15.1. The summed E-state index contributed by atoms with van der Waals surface area (Å²) in [6.07, 6.45) is 0.791. The smallest absolute Gasteiger partial charge is 0.306 e. The van der Waals surface area contributed by atoms with Crippen molar-refractivity contribution in [2.24, 2.45) is 7.05 Å². The van der Waals surface area contributed by atoms with Gasteiger partial charge in [0.1, 0.15) is 22.5 Å². The number of benzene rings is 3. The van der Waals surface area contributed by atoms with E-state index in [0.29, 0.717) is 60.3 Å². The highest BCUT2D eigenvalue weighted by Gasteiger charge is 2.29. The monoisotopic (exact) mass is 576 g/mol. The lowest BCUT2D eigenvalue weighted by atomic mass is 9.82. The Hall–Kier alpha value is -4.11. The third kappa shape index (κ3) is 5.72. The summed E-state index contributed by atoms with van der Waals surface area (Å²) in [5, 5.41) is 8.81. The van der Waals surface area contributed by atoms with Gasteiger partial charge in [-0.2, -0.15) is 0 Å². The normalized spacial score (nSPS) is 13.5. The fourth-order valence-corrected chi connectivity index (χ4v) is 5.81. The second kappa shape index (κ2) is 12.2. The lowest BCUT2D eigenvalue weighted by molar-refractivity contribution is -0.143. The predicted octanol–water partition coefficient (Wildman–Crippen LogP) is 5.31. The Balaban J connectivity index is 1.50. The number of hydrogen-bond acceptors (Lipinski definition) is 7. The van der Waals surface area contributed by atoms with Crippen LogP contribution in [-0.2, 0) is 29.5 Å². The van der Waals surface area contributed by atoms with Crippen LogP contribution in [0.2, 0.25) is 5.02 Å². The van der Waals surface area contributed by atoms with E-state index >= 15 is 0 Å². The Labute approximate surface area is 243 Å². The molecule has 2 heterocycles. The molecular formula is C31H33ClN4O5. The van der Waals surface area contributed by atoms with Crippen molar-refractivity contribution in [1.29, 1.82) is 0 Å². The Bertz CT molecular complexity index is 1600. The molecule has 0 bridgehead atoms. The van der Waals surface area contributed by atoms with Gasteiger partial charge in [0.15, 0.2) is 0 Å². The molecule has 1 aliphatic heterocycles. The highest BCUT2D eigenvalue weighted by molar-refractivity contribution is 6.34. The van der Waals surface area contributed by atoms with Crippen LogP contribution in [0.25, 0.3) is 11.0 Å². The van der Waals surface area contributed by atoms with Crippen molar-refractivity contribution >= 4 is 34.5 Å². The van der Waals surface area contributed by atoms with E-state index in [9.17, 15) is 9.59 Å². The summed E-state index contributed by atoms with van der Waals surface area (Å²) < 4.78 is 18.2. The van der Waals surface area contributed by atoms with Crippen LogP contribution in [0.3, 0.4) is 0 Å². The fourth-order valence-electron chi connectivity index (χ4n) is 5.56. The van der Waals surface area contributed by atoms with Crippen molar-refractivity contribution in [2.75, 3.05) is 26.9 Å². The maximum Gasteiger partial charge on any atom is 0.306 e. The zero-order valence-electron chi connectivity index (χ0n) is 23.6. The lowest BCUT2D eigenvalue weighted by Gasteiger charge is -2.32.